The average Bonchev–Trinajstić information content (AvgIpc) is 2.62. The van der Waals surface area contributed by atoms with Gasteiger partial charge in [0.2, 0.25) is 6.29 Å². The number of fused-ring (bicyclic) bond motifs is 3. The van der Waals surface area contributed by atoms with Crippen LogP contribution in [0, 0.1) is 0 Å². The molecule has 3 heteroatoms. The van der Waals surface area contributed by atoms with E-state index in [-0.39, 0.29) is 11.7 Å². The smallest absolute Gasteiger partial charge is 0.209 e. The molecule has 14 heavy (non-hydrogen) atoms. The Morgan fingerprint density at radius 1 is 1.50 bits per heavy atom. The lowest BCUT2D eigenvalue weighted by Gasteiger charge is -2.19. The summed E-state index contributed by atoms with van der Waals surface area (Å²) in [6.45, 7) is 2.85. The minimum absolute atomic E-state index is 0.0753. The second-order valence-electron chi connectivity index (χ2n) is 4.17. The molecule has 3 rings (SSSR count). The first-order chi connectivity index (χ1) is 6.70. The number of ether oxygens (including phenoxy) is 2. The molecule has 0 saturated carbocycles. The van der Waals surface area contributed by atoms with Crippen molar-refractivity contribution in [2.75, 3.05) is 6.61 Å². The normalized spacial score (nSPS) is 33.6. The molecule has 0 amide bonds. The molecule has 0 aromatic heterocycles. The summed E-state index contributed by atoms with van der Waals surface area (Å²) in [7, 11) is 0. The van der Waals surface area contributed by atoms with Crippen LogP contribution in [0.15, 0.2) is 18.2 Å². The molecule has 0 spiro atoms. The van der Waals surface area contributed by atoms with Crippen molar-refractivity contribution in [1.82, 2.24) is 0 Å². The number of hydrogen-bond donors (Lipinski definition) is 1. The molecule has 1 fully saturated rings. The maximum Gasteiger partial charge on any atom is 0.209 e. The molecule has 2 atom stereocenters. The van der Waals surface area contributed by atoms with Crippen molar-refractivity contribution in [3.8, 4) is 11.5 Å². The number of phenolic OH excluding ortho intramolecular Hbond substituents is 1. The highest BCUT2D eigenvalue weighted by atomic mass is 16.7. The van der Waals surface area contributed by atoms with E-state index in [1.165, 1.54) is 0 Å². The standard InChI is InChI=1S/C11H12O3/c1-11-4-5-13-10(11)14-9-3-2-7(12)6-8(9)11/h2-3,6,10,12H,4-5H2,1H3/t10?,11-/m1/s1. The molecule has 1 aromatic rings. The fraction of sp³-hybridized carbons (Fsp3) is 0.455. The van der Waals surface area contributed by atoms with Gasteiger partial charge < -0.3 is 14.6 Å². The third-order valence-corrected chi connectivity index (χ3v) is 3.22. The van der Waals surface area contributed by atoms with Gasteiger partial charge in [-0.3, -0.25) is 0 Å². The van der Waals surface area contributed by atoms with Crippen LogP contribution in [0.5, 0.6) is 11.5 Å². The fourth-order valence-electron chi connectivity index (χ4n) is 2.29. The van der Waals surface area contributed by atoms with E-state index in [1.807, 2.05) is 0 Å². The topological polar surface area (TPSA) is 38.7 Å². The van der Waals surface area contributed by atoms with Gasteiger partial charge in [-0.1, -0.05) is 0 Å². The van der Waals surface area contributed by atoms with Crippen LogP contribution in [0.4, 0.5) is 0 Å². The fourth-order valence-corrected chi connectivity index (χ4v) is 2.29. The quantitative estimate of drug-likeness (QED) is 0.681. The van der Waals surface area contributed by atoms with E-state index >= 15 is 0 Å². The van der Waals surface area contributed by atoms with Crippen LogP contribution in [0.1, 0.15) is 18.9 Å². The molecule has 2 aliphatic heterocycles. The van der Waals surface area contributed by atoms with Gasteiger partial charge in [0.05, 0.1) is 12.0 Å². The van der Waals surface area contributed by atoms with Crippen molar-refractivity contribution in [3.63, 3.8) is 0 Å². The van der Waals surface area contributed by atoms with E-state index in [2.05, 4.69) is 6.92 Å². The Kier molecular flexibility index (Phi) is 1.40. The van der Waals surface area contributed by atoms with Gasteiger partial charge in [0, 0.05) is 5.56 Å². The van der Waals surface area contributed by atoms with Gasteiger partial charge in [-0.15, -0.1) is 0 Å². The van der Waals surface area contributed by atoms with Crippen LogP contribution >= 0.6 is 0 Å². The molecule has 0 bridgehead atoms. The van der Waals surface area contributed by atoms with Gasteiger partial charge in [0.1, 0.15) is 11.5 Å². The van der Waals surface area contributed by atoms with Crippen molar-refractivity contribution < 1.29 is 14.6 Å². The minimum Gasteiger partial charge on any atom is -0.508 e. The maximum absolute atomic E-state index is 9.43. The second-order valence-corrected chi connectivity index (χ2v) is 4.17. The summed E-state index contributed by atoms with van der Waals surface area (Å²) < 4.78 is 11.2. The average molecular weight is 192 g/mol. The molecule has 0 aliphatic carbocycles. The molecular weight excluding hydrogens is 180 g/mol. The monoisotopic (exact) mass is 192 g/mol. The zero-order valence-electron chi connectivity index (χ0n) is 7.99. The Hall–Kier alpha value is -1.22. The first-order valence-corrected chi connectivity index (χ1v) is 4.82. The largest absolute Gasteiger partial charge is 0.508 e. The molecule has 1 unspecified atom stereocenters. The number of phenols is 1. The highest BCUT2D eigenvalue weighted by Gasteiger charge is 2.49. The van der Waals surface area contributed by atoms with Gasteiger partial charge in [-0.2, -0.15) is 0 Å². The zero-order valence-corrected chi connectivity index (χ0v) is 7.99. The van der Waals surface area contributed by atoms with E-state index in [9.17, 15) is 5.11 Å². The van der Waals surface area contributed by atoms with Crippen molar-refractivity contribution in [2.24, 2.45) is 0 Å². The number of rotatable bonds is 0. The molecule has 0 radical (unpaired) electrons. The van der Waals surface area contributed by atoms with Crippen molar-refractivity contribution in [1.29, 1.82) is 0 Å². The Bertz CT molecular complexity index is 388. The van der Waals surface area contributed by atoms with Crippen LogP contribution in [0.2, 0.25) is 0 Å². The summed E-state index contributed by atoms with van der Waals surface area (Å²) in [4.78, 5) is 0. The Morgan fingerprint density at radius 3 is 3.21 bits per heavy atom. The summed E-state index contributed by atoms with van der Waals surface area (Å²) in [5.74, 6) is 1.14. The number of hydrogen-bond acceptors (Lipinski definition) is 3. The summed E-state index contributed by atoms with van der Waals surface area (Å²) >= 11 is 0. The van der Waals surface area contributed by atoms with E-state index in [0.717, 1.165) is 24.3 Å². The SMILES string of the molecule is C[C@]12CCOC1Oc1ccc(O)cc12. The predicted molar refractivity (Wildman–Crippen MR) is 50.4 cm³/mol. The number of aromatic hydroxyl groups is 1. The van der Waals surface area contributed by atoms with E-state index in [0.29, 0.717) is 5.75 Å². The van der Waals surface area contributed by atoms with Gasteiger partial charge in [0.15, 0.2) is 0 Å². The van der Waals surface area contributed by atoms with E-state index in [4.69, 9.17) is 9.47 Å². The molecule has 74 valence electrons. The number of benzene rings is 1. The third kappa shape index (κ3) is 0.852. The van der Waals surface area contributed by atoms with Crippen LogP contribution in [-0.4, -0.2) is 18.0 Å². The Morgan fingerprint density at radius 2 is 2.36 bits per heavy atom. The Labute approximate surface area is 82.3 Å². The highest BCUT2D eigenvalue weighted by Crippen LogP contribution is 2.49. The van der Waals surface area contributed by atoms with E-state index in [1.54, 1.807) is 18.2 Å². The molecular formula is C11H12O3. The first-order valence-electron chi connectivity index (χ1n) is 4.82. The summed E-state index contributed by atoms with van der Waals surface area (Å²) in [5.41, 5.74) is 0.994. The summed E-state index contributed by atoms with van der Waals surface area (Å²) in [6, 6.07) is 5.23. The third-order valence-electron chi connectivity index (χ3n) is 3.22. The molecule has 3 nitrogen and oxygen atoms in total. The lowest BCUT2D eigenvalue weighted by Crippen LogP contribution is -2.29. The van der Waals surface area contributed by atoms with Gasteiger partial charge in [-0.25, -0.2) is 0 Å². The van der Waals surface area contributed by atoms with Crippen molar-refractivity contribution in [3.05, 3.63) is 23.8 Å². The van der Waals surface area contributed by atoms with Crippen LogP contribution in [0.25, 0.3) is 0 Å². The molecule has 1 aromatic carbocycles. The van der Waals surface area contributed by atoms with Gasteiger partial charge >= 0.3 is 0 Å². The Balaban J connectivity index is 2.17. The summed E-state index contributed by atoms with van der Waals surface area (Å²) in [6.07, 6.45) is 0.785. The first kappa shape index (κ1) is 8.12. The zero-order chi connectivity index (χ0) is 9.76. The minimum atomic E-state index is -0.167. The van der Waals surface area contributed by atoms with Crippen LogP contribution in [0.3, 0.4) is 0 Å². The highest BCUT2D eigenvalue weighted by molar-refractivity contribution is 5.48. The van der Waals surface area contributed by atoms with Crippen LogP contribution in [-0.2, 0) is 10.2 Å². The molecule has 2 heterocycles. The maximum atomic E-state index is 9.43. The van der Waals surface area contributed by atoms with Crippen LogP contribution < -0.4 is 4.74 Å². The van der Waals surface area contributed by atoms with Crippen molar-refractivity contribution in [2.45, 2.75) is 25.0 Å². The predicted octanol–water partition coefficient (Wildman–Crippen LogP) is 1.79. The lowest BCUT2D eigenvalue weighted by atomic mass is 9.82. The van der Waals surface area contributed by atoms with Gasteiger partial charge in [-0.05, 0) is 31.5 Å². The molecule has 1 N–H and O–H groups in total. The molecule has 1 saturated heterocycles. The summed E-state index contributed by atoms with van der Waals surface area (Å²) in [5, 5.41) is 9.43. The lowest BCUT2D eigenvalue weighted by molar-refractivity contribution is -0.0514. The molecule has 2 aliphatic rings. The van der Waals surface area contributed by atoms with E-state index < -0.39 is 0 Å². The second kappa shape index (κ2) is 2.42. The van der Waals surface area contributed by atoms with Gasteiger partial charge in [0.25, 0.3) is 0 Å². The van der Waals surface area contributed by atoms with Crippen molar-refractivity contribution >= 4 is 0 Å².